The van der Waals surface area contributed by atoms with Crippen molar-refractivity contribution in [3.05, 3.63) is 0 Å². The Kier molecular flexibility index (Phi) is 9.35. The lowest BCUT2D eigenvalue weighted by molar-refractivity contribution is -0.173. The summed E-state index contributed by atoms with van der Waals surface area (Å²) in [6, 6.07) is 0. The van der Waals surface area contributed by atoms with Crippen LogP contribution in [0.2, 0.25) is 0 Å². The minimum absolute atomic E-state index is 0.224. The zero-order valence-electron chi connectivity index (χ0n) is 9.66. The van der Waals surface area contributed by atoms with Crippen LogP contribution in [-0.4, -0.2) is 30.7 Å². The summed E-state index contributed by atoms with van der Waals surface area (Å²) in [5, 5.41) is 9.50. The minimum Gasteiger partial charge on any atom is -0.373 e. The predicted octanol–water partition coefficient (Wildman–Crippen LogP) is 2.33. The highest BCUT2D eigenvalue weighted by Crippen LogP contribution is 2.03. The third kappa shape index (κ3) is 7.30. The van der Waals surface area contributed by atoms with Gasteiger partial charge in [-0.2, -0.15) is 0 Å². The van der Waals surface area contributed by atoms with Gasteiger partial charge >= 0.3 is 0 Å². The lowest BCUT2D eigenvalue weighted by Crippen LogP contribution is -2.29. The zero-order valence-corrected chi connectivity index (χ0v) is 9.66. The van der Waals surface area contributed by atoms with E-state index in [2.05, 4.69) is 13.8 Å². The average molecular weight is 204 g/mol. The fourth-order valence-electron chi connectivity index (χ4n) is 0.980. The van der Waals surface area contributed by atoms with Crippen molar-refractivity contribution >= 4 is 0 Å². The molecule has 0 saturated carbocycles. The molecule has 0 aliphatic heterocycles. The molecule has 1 N–H and O–H groups in total. The van der Waals surface area contributed by atoms with Crippen molar-refractivity contribution in [1.82, 2.24) is 0 Å². The van der Waals surface area contributed by atoms with E-state index in [9.17, 15) is 5.11 Å². The van der Waals surface area contributed by atoms with Gasteiger partial charge in [0.2, 0.25) is 0 Å². The van der Waals surface area contributed by atoms with Crippen LogP contribution in [0.4, 0.5) is 0 Å². The summed E-state index contributed by atoms with van der Waals surface area (Å²) in [4.78, 5) is 0. The van der Waals surface area contributed by atoms with Crippen LogP contribution in [0.1, 0.15) is 46.5 Å². The first-order valence-corrected chi connectivity index (χ1v) is 5.63. The topological polar surface area (TPSA) is 38.7 Å². The van der Waals surface area contributed by atoms with Crippen LogP contribution in [-0.2, 0) is 9.47 Å². The van der Waals surface area contributed by atoms with E-state index < -0.39 is 6.29 Å². The number of hydrogen-bond donors (Lipinski definition) is 1. The van der Waals surface area contributed by atoms with Crippen molar-refractivity contribution in [2.24, 2.45) is 0 Å². The van der Waals surface area contributed by atoms with Crippen molar-refractivity contribution in [3.63, 3.8) is 0 Å². The van der Waals surface area contributed by atoms with Gasteiger partial charge in [-0.05, 0) is 19.8 Å². The van der Waals surface area contributed by atoms with E-state index in [1.165, 1.54) is 0 Å². The largest absolute Gasteiger partial charge is 0.373 e. The summed E-state index contributed by atoms with van der Waals surface area (Å²) in [6.07, 6.45) is 3.21. The lowest BCUT2D eigenvalue weighted by Gasteiger charge is -2.19. The number of aliphatic hydroxyl groups excluding tert-OH is 1. The average Bonchev–Trinajstić information content (AvgIpc) is 2.18. The Morgan fingerprint density at radius 3 is 2.00 bits per heavy atom. The number of hydrogen-bond acceptors (Lipinski definition) is 3. The van der Waals surface area contributed by atoms with Crippen molar-refractivity contribution in [1.29, 1.82) is 0 Å². The fourth-order valence-corrected chi connectivity index (χ4v) is 0.980. The summed E-state index contributed by atoms with van der Waals surface area (Å²) < 4.78 is 10.6. The highest BCUT2D eigenvalue weighted by Gasteiger charge is 2.14. The highest BCUT2D eigenvalue weighted by molar-refractivity contribution is 4.53. The first-order valence-electron chi connectivity index (χ1n) is 5.63. The van der Waals surface area contributed by atoms with Crippen molar-refractivity contribution in [2.45, 2.75) is 58.8 Å². The molecule has 0 aliphatic rings. The van der Waals surface area contributed by atoms with Gasteiger partial charge in [0.05, 0.1) is 0 Å². The van der Waals surface area contributed by atoms with Gasteiger partial charge in [0.25, 0.3) is 0 Å². The van der Waals surface area contributed by atoms with E-state index in [-0.39, 0.29) is 6.10 Å². The molecule has 0 aromatic heterocycles. The SMILES string of the molecule is CCCCOC(C)C(O)OCCCC. The summed E-state index contributed by atoms with van der Waals surface area (Å²) in [7, 11) is 0. The van der Waals surface area contributed by atoms with Crippen LogP contribution in [0.25, 0.3) is 0 Å². The third-order valence-electron chi connectivity index (χ3n) is 2.07. The maximum absolute atomic E-state index is 9.50. The van der Waals surface area contributed by atoms with E-state index >= 15 is 0 Å². The Bertz CT molecular complexity index is 103. The van der Waals surface area contributed by atoms with Crippen LogP contribution in [0.5, 0.6) is 0 Å². The third-order valence-corrected chi connectivity index (χ3v) is 2.07. The van der Waals surface area contributed by atoms with E-state index in [1.54, 1.807) is 0 Å². The van der Waals surface area contributed by atoms with Crippen molar-refractivity contribution < 1.29 is 14.6 Å². The molecular formula is C11H24O3. The van der Waals surface area contributed by atoms with E-state index in [1.807, 2.05) is 6.92 Å². The van der Waals surface area contributed by atoms with Crippen LogP contribution >= 0.6 is 0 Å². The van der Waals surface area contributed by atoms with Crippen LogP contribution in [0.3, 0.4) is 0 Å². The quantitative estimate of drug-likeness (QED) is 0.463. The molecule has 0 bridgehead atoms. The molecule has 0 fully saturated rings. The van der Waals surface area contributed by atoms with Crippen LogP contribution in [0.15, 0.2) is 0 Å². The summed E-state index contributed by atoms with van der Waals surface area (Å²) in [5.41, 5.74) is 0. The molecule has 0 amide bonds. The number of rotatable bonds is 9. The second-order valence-electron chi connectivity index (χ2n) is 3.54. The molecule has 0 aliphatic carbocycles. The van der Waals surface area contributed by atoms with Crippen molar-refractivity contribution in [2.75, 3.05) is 13.2 Å². The number of unbranched alkanes of at least 4 members (excludes halogenated alkanes) is 2. The number of aliphatic hydroxyl groups is 1. The molecule has 86 valence electrons. The Hall–Kier alpha value is -0.120. The molecule has 2 atom stereocenters. The van der Waals surface area contributed by atoms with Gasteiger partial charge < -0.3 is 14.6 Å². The highest BCUT2D eigenvalue weighted by atomic mass is 16.6. The smallest absolute Gasteiger partial charge is 0.180 e. The Balaban J connectivity index is 3.39. The molecule has 0 aromatic carbocycles. The minimum atomic E-state index is -0.779. The van der Waals surface area contributed by atoms with Gasteiger partial charge in [-0.3, -0.25) is 0 Å². The van der Waals surface area contributed by atoms with E-state index in [0.717, 1.165) is 25.7 Å². The molecule has 0 radical (unpaired) electrons. The van der Waals surface area contributed by atoms with Gasteiger partial charge in [-0.25, -0.2) is 0 Å². The first-order chi connectivity index (χ1) is 6.72. The zero-order chi connectivity index (χ0) is 10.8. The molecule has 3 nitrogen and oxygen atoms in total. The molecule has 2 unspecified atom stereocenters. The summed E-state index contributed by atoms with van der Waals surface area (Å²) >= 11 is 0. The predicted molar refractivity (Wildman–Crippen MR) is 57.2 cm³/mol. The van der Waals surface area contributed by atoms with Crippen LogP contribution < -0.4 is 0 Å². The monoisotopic (exact) mass is 204 g/mol. The fraction of sp³-hybridized carbons (Fsp3) is 1.00. The second kappa shape index (κ2) is 9.44. The molecule has 0 spiro atoms. The lowest BCUT2D eigenvalue weighted by atomic mass is 10.3. The summed E-state index contributed by atoms with van der Waals surface area (Å²) in [5.74, 6) is 0. The van der Waals surface area contributed by atoms with Gasteiger partial charge in [0, 0.05) is 13.2 Å². The van der Waals surface area contributed by atoms with Gasteiger partial charge in [-0.1, -0.05) is 26.7 Å². The molecule has 3 heteroatoms. The first kappa shape index (κ1) is 13.9. The van der Waals surface area contributed by atoms with Crippen LogP contribution in [0, 0.1) is 0 Å². The Morgan fingerprint density at radius 1 is 1.00 bits per heavy atom. The Labute approximate surface area is 87.4 Å². The second-order valence-corrected chi connectivity index (χ2v) is 3.54. The standard InChI is InChI=1S/C11H24O3/c1-4-6-8-13-10(3)11(12)14-9-7-5-2/h10-12H,4-9H2,1-3H3. The van der Waals surface area contributed by atoms with Gasteiger partial charge in [-0.15, -0.1) is 0 Å². The Morgan fingerprint density at radius 2 is 1.50 bits per heavy atom. The molecule has 0 aromatic rings. The van der Waals surface area contributed by atoms with Gasteiger partial charge in [0.15, 0.2) is 6.29 Å². The maximum atomic E-state index is 9.50. The molecular weight excluding hydrogens is 180 g/mol. The number of ether oxygens (including phenoxy) is 2. The molecule has 0 rings (SSSR count). The van der Waals surface area contributed by atoms with Gasteiger partial charge in [0.1, 0.15) is 6.10 Å². The molecule has 0 heterocycles. The van der Waals surface area contributed by atoms with Crippen molar-refractivity contribution in [3.8, 4) is 0 Å². The summed E-state index contributed by atoms with van der Waals surface area (Å²) in [6.45, 7) is 7.36. The molecule has 14 heavy (non-hydrogen) atoms. The maximum Gasteiger partial charge on any atom is 0.180 e. The normalized spacial score (nSPS) is 15.4. The van der Waals surface area contributed by atoms with E-state index in [4.69, 9.17) is 9.47 Å². The molecule has 0 saturated heterocycles. The van der Waals surface area contributed by atoms with E-state index in [0.29, 0.717) is 13.2 Å².